The van der Waals surface area contributed by atoms with Crippen molar-refractivity contribution in [1.82, 2.24) is 9.97 Å². The average Bonchev–Trinajstić information content (AvgIpc) is 2.88. The Morgan fingerprint density at radius 1 is 1.17 bits per heavy atom. The van der Waals surface area contributed by atoms with Crippen LogP contribution in [-0.4, -0.2) is 40.4 Å². The van der Waals surface area contributed by atoms with Gasteiger partial charge in [0.25, 0.3) is 0 Å². The van der Waals surface area contributed by atoms with E-state index in [1.165, 1.54) is 0 Å². The topological polar surface area (TPSA) is 58.5 Å². The molecule has 0 amide bonds. The Hall–Kier alpha value is -2.14. The zero-order chi connectivity index (χ0) is 16.4. The zero-order valence-electron chi connectivity index (χ0n) is 13.9. The van der Waals surface area contributed by atoms with Gasteiger partial charge < -0.3 is 14.7 Å². The zero-order valence-corrected chi connectivity index (χ0v) is 13.9. The summed E-state index contributed by atoms with van der Waals surface area (Å²) in [5.74, 6) is 1.48. The van der Waals surface area contributed by atoms with E-state index in [0.717, 1.165) is 29.2 Å². The van der Waals surface area contributed by atoms with Gasteiger partial charge in [-0.15, -0.1) is 0 Å². The molecule has 0 spiro atoms. The molecule has 23 heavy (non-hydrogen) atoms. The highest BCUT2D eigenvalue weighted by Gasteiger charge is 2.38. The summed E-state index contributed by atoms with van der Waals surface area (Å²) in [5, 5.41) is 10.8. The van der Waals surface area contributed by atoms with Crippen LogP contribution in [0.2, 0.25) is 0 Å². The fourth-order valence-corrected chi connectivity index (χ4v) is 2.92. The van der Waals surface area contributed by atoms with Crippen molar-refractivity contribution in [3.63, 3.8) is 0 Å². The molecule has 0 unspecified atom stereocenters. The maximum atomic E-state index is 10.8. The van der Waals surface area contributed by atoms with E-state index in [2.05, 4.69) is 9.97 Å². The number of aryl methyl sites for hydroxylation is 3. The Morgan fingerprint density at radius 2 is 1.91 bits per heavy atom. The van der Waals surface area contributed by atoms with Gasteiger partial charge in [0.05, 0.1) is 6.54 Å². The van der Waals surface area contributed by atoms with Gasteiger partial charge in [0.15, 0.2) is 0 Å². The summed E-state index contributed by atoms with van der Waals surface area (Å²) in [5.41, 5.74) is 2.16. The molecule has 1 atom stereocenters. The van der Waals surface area contributed by atoms with Gasteiger partial charge in [-0.3, -0.25) is 0 Å². The number of aromatic nitrogens is 2. The van der Waals surface area contributed by atoms with Crippen LogP contribution in [0.25, 0.3) is 0 Å². The number of aliphatic hydroxyl groups is 1. The number of nitrogens with zero attached hydrogens (tertiary/aromatic N) is 3. The van der Waals surface area contributed by atoms with Crippen molar-refractivity contribution in [2.24, 2.45) is 0 Å². The predicted octanol–water partition coefficient (Wildman–Crippen LogP) is 2.42. The summed E-state index contributed by atoms with van der Waals surface area (Å²) in [7, 11) is 0. The minimum Gasteiger partial charge on any atom is -0.491 e. The second-order valence-electron chi connectivity index (χ2n) is 6.45. The first kappa shape index (κ1) is 15.7. The highest BCUT2D eigenvalue weighted by atomic mass is 16.5. The van der Waals surface area contributed by atoms with Gasteiger partial charge in [-0.2, -0.15) is 0 Å². The highest BCUT2D eigenvalue weighted by Crippen LogP contribution is 2.26. The first-order valence-corrected chi connectivity index (χ1v) is 7.93. The molecule has 0 saturated carbocycles. The Morgan fingerprint density at radius 3 is 2.61 bits per heavy atom. The Kier molecular flexibility index (Phi) is 4.22. The molecule has 2 heterocycles. The van der Waals surface area contributed by atoms with Gasteiger partial charge in [-0.05, 0) is 51.0 Å². The van der Waals surface area contributed by atoms with E-state index in [9.17, 15) is 5.11 Å². The first-order valence-electron chi connectivity index (χ1n) is 7.93. The van der Waals surface area contributed by atoms with Gasteiger partial charge in [-0.25, -0.2) is 9.97 Å². The molecule has 3 rings (SSSR count). The largest absolute Gasteiger partial charge is 0.491 e. The van der Waals surface area contributed by atoms with E-state index in [1.54, 1.807) is 0 Å². The molecule has 5 nitrogen and oxygen atoms in total. The van der Waals surface area contributed by atoms with Crippen LogP contribution in [0.3, 0.4) is 0 Å². The highest BCUT2D eigenvalue weighted by molar-refractivity contribution is 5.35. The van der Waals surface area contributed by atoms with Crippen LogP contribution in [-0.2, 0) is 0 Å². The number of rotatable bonds is 4. The van der Waals surface area contributed by atoms with Crippen molar-refractivity contribution < 1.29 is 9.84 Å². The third-order valence-corrected chi connectivity index (χ3v) is 4.08. The summed E-state index contributed by atoms with van der Waals surface area (Å²) in [6.45, 7) is 7.44. The molecule has 1 aliphatic rings. The molecule has 0 bridgehead atoms. The second-order valence-corrected chi connectivity index (χ2v) is 6.45. The predicted molar refractivity (Wildman–Crippen MR) is 90.0 cm³/mol. The van der Waals surface area contributed by atoms with Gasteiger partial charge in [0, 0.05) is 17.9 Å². The molecule has 1 fully saturated rings. The fourth-order valence-electron chi connectivity index (χ4n) is 2.92. The van der Waals surface area contributed by atoms with Gasteiger partial charge >= 0.3 is 0 Å². The van der Waals surface area contributed by atoms with Crippen LogP contribution in [0.1, 0.15) is 23.4 Å². The Balaban J connectivity index is 1.65. The number of β-amino-alcohol motifs (C(OH)–C–C–N with tert-alkyl or cyclic N) is 1. The van der Waals surface area contributed by atoms with Crippen LogP contribution in [0, 0.1) is 20.8 Å². The molecule has 1 N–H and O–H groups in total. The number of hydrogen-bond acceptors (Lipinski definition) is 5. The van der Waals surface area contributed by atoms with E-state index in [-0.39, 0.29) is 6.61 Å². The lowest BCUT2D eigenvalue weighted by atomic mass is 10.1. The lowest BCUT2D eigenvalue weighted by Gasteiger charge is -2.24. The molecule has 1 aliphatic heterocycles. The SMILES string of the molecule is Cc1cccc(OC[C@]2(O)CCN(c3nc(C)cc(C)n3)C2)c1. The third-order valence-electron chi connectivity index (χ3n) is 4.08. The van der Waals surface area contributed by atoms with Crippen LogP contribution >= 0.6 is 0 Å². The summed E-state index contributed by atoms with van der Waals surface area (Å²) in [4.78, 5) is 11.0. The molecule has 1 aromatic heterocycles. The van der Waals surface area contributed by atoms with E-state index >= 15 is 0 Å². The number of anilines is 1. The van der Waals surface area contributed by atoms with Crippen molar-refractivity contribution in [1.29, 1.82) is 0 Å². The molecule has 5 heteroatoms. The Labute approximate surface area is 137 Å². The van der Waals surface area contributed by atoms with Crippen LogP contribution < -0.4 is 9.64 Å². The van der Waals surface area contributed by atoms with E-state index < -0.39 is 5.60 Å². The standard InChI is InChI=1S/C18H23N3O2/c1-13-5-4-6-16(9-13)23-12-18(22)7-8-21(11-18)17-19-14(2)10-15(3)20-17/h4-6,9-10,22H,7-8,11-12H2,1-3H3/t18-/m0/s1. The fraction of sp³-hybridized carbons (Fsp3) is 0.444. The number of hydrogen-bond donors (Lipinski definition) is 1. The molecule has 1 saturated heterocycles. The second kappa shape index (κ2) is 6.16. The molecule has 1 aromatic carbocycles. The van der Waals surface area contributed by atoms with Gasteiger partial charge in [0.2, 0.25) is 5.95 Å². The first-order chi connectivity index (χ1) is 10.9. The van der Waals surface area contributed by atoms with Crippen molar-refractivity contribution in [3.05, 3.63) is 47.3 Å². The minimum atomic E-state index is -0.870. The van der Waals surface area contributed by atoms with Crippen LogP contribution in [0.15, 0.2) is 30.3 Å². The maximum absolute atomic E-state index is 10.8. The molecule has 0 radical (unpaired) electrons. The molecule has 2 aromatic rings. The lowest BCUT2D eigenvalue weighted by molar-refractivity contribution is 0.0144. The molecule has 0 aliphatic carbocycles. The van der Waals surface area contributed by atoms with E-state index in [1.807, 2.05) is 56.0 Å². The smallest absolute Gasteiger partial charge is 0.225 e. The number of ether oxygens (including phenoxy) is 1. The molecular weight excluding hydrogens is 290 g/mol. The average molecular weight is 313 g/mol. The normalized spacial score (nSPS) is 20.8. The Bertz CT molecular complexity index is 684. The van der Waals surface area contributed by atoms with Crippen LogP contribution in [0.5, 0.6) is 5.75 Å². The monoisotopic (exact) mass is 313 g/mol. The lowest BCUT2D eigenvalue weighted by Crippen LogP contribution is -2.39. The molecular formula is C18H23N3O2. The van der Waals surface area contributed by atoms with Crippen molar-refractivity contribution in [3.8, 4) is 5.75 Å². The summed E-state index contributed by atoms with van der Waals surface area (Å²) in [6.07, 6.45) is 0.648. The van der Waals surface area contributed by atoms with Crippen LogP contribution in [0.4, 0.5) is 5.95 Å². The van der Waals surface area contributed by atoms with Gasteiger partial charge in [0.1, 0.15) is 18.0 Å². The summed E-state index contributed by atoms with van der Waals surface area (Å²) in [6, 6.07) is 9.82. The maximum Gasteiger partial charge on any atom is 0.225 e. The van der Waals surface area contributed by atoms with E-state index in [4.69, 9.17) is 4.74 Å². The van der Waals surface area contributed by atoms with Crippen molar-refractivity contribution in [2.45, 2.75) is 32.8 Å². The van der Waals surface area contributed by atoms with Crippen molar-refractivity contribution in [2.75, 3.05) is 24.6 Å². The van der Waals surface area contributed by atoms with E-state index in [0.29, 0.717) is 18.9 Å². The molecule has 122 valence electrons. The minimum absolute atomic E-state index is 0.276. The number of benzene rings is 1. The van der Waals surface area contributed by atoms with Crippen molar-refractivity contribution >= 4 is 5.95 Å². The third kappa shape index (κ3) is 3.79. The quantitative estimate of drug-likeness (QED) is 0.939. The summed E-state index contributed by atoms with van der Waals surface area (Å²) < 4.78 is 5.79. The van der Waals surface area contributed by atoms with Gasteiger partial charge in [-0.1, -0.05) is 12.1 Å². The summed E-state index contributed by atoms with van der Waals surface area (Å²) >= 11 is 0.